The summed E-state index contributed by atoms with van der Waals surface area (Å²) >= 11 is 0. The van der Waals surface area contributed by atoms with Gasteiger partial charge in [0.05, 0.1) is 0 Å². The largest absolute Gasteiger partial charge is 0.508 e. The molecule has 1 aliphatic rings. The minimum Gasteiger partial charge on any atom is -0.508 e. The number of phenolic OH excluding ortho intramolecular Hbond substituents is 2. The molecule has 5 heteroatoms. The maximum atomic E-state index is 11.6. The highest BCUT2D eigenvalue weighted by Crippen LogP contribution is 2.33. The zero-order valence-electron chi connectivity index (χ0n) is 15.3. The first kappa shape index (κ1) is 22.2. The van der Waals surface area contributed by atoms with Crippen molar-refractivity contribution in [3.05, 3.63) is 59.7 Å². The van der Waals surface area contributed by atoms with Crippen LogP contribution in [-0.4, -0.2) is 16.0 Å². The van der Waals surface area contributed by atoms with E-state index in [1.54, 1.807) is 24.3 Å². The van der Waals surface area contributed by atoms with Gasteiger partial charge in [-0.25, -0.2) is 0 Å². The molecule has 0 bridgehead atoms. The Morgan fingerprint density at radius 3 is 1.77 bits per heavy atom. The van der Waals surface area contributed by atoms with E-state index in [2.05, 4.69) is 6.92 Å². The summed E-state index contributed by atoms with van der Waals surface area (Å²) in [6, 6.07) is 14.1. The van der Waals surface area contributed by atoms with Gasteiger partial charge < -0.3 is 15.9 Å². The standard InChI is InChI=1S/C13H16O2.C8H11NO.BrH/c1-9(8-13(15)11-2-3-11)10-4-6-12(14)7-5-10;1-6(9)7-2-4-8(10)5-3-7;/h4-7,9,11,14H,2-3,8H2,1H3;2-6,10H,9H2,1H3;1H/t9-;6-;/m10./s1. The van der Waals surface area contributed by atoms with Gasteiger partial charge in [0.2, 0.25) is 0 Å². The number of rotatable bonds is 5. The lowest BCUT2D eigenvalue weighted by molar-refractivity contribution is -0.120. The number of benzene rings is 2. The van der Waals surface area contributed by atoms with Crippen molar-refractivity contribution < 1.29 is 15.0 Å². The first-order valence-electron chi connectivity index (χ1n) is 8.73. The predicted molar refractivity (Wildman–Crippen MR) is 110 cm³/mol. The van der Waals surface area contributed by atoms with Gasteiger partial charge in [-0.2, -0.15) is 0 Å². The number of carbonyl (C=O) groups excluding carboxylic acids is 1. The van der Waals surface area contributed by atoms with E-state index in [0.717, 1.165) is 24.0 Å². The second kappa shape index (κ2) is 10.3. The molecule has 1 aliphatic carbocycles. The van der Waals surface area contributed by atoms with Gasteiger partial charge in [-0.15, -0.1) is 17.0 Å². The summed E-state index contributed by atoms with van der Waals surface area (Å²) in [7, 11) is 0. The molecule has 0 amide bonds. The smallest absolute Gasteiger partial charge is 0.136 e. The van der Waals surface area contributed by atoms with Gasteiger partial charge in [-0.1, -0.05) is 31.2 Å². The molecule has 0 aromatic heterocycles. The molecule has 142 valence electrons. The first-order chi connectivity index (χ1) is 11.9. The van der Waals surface area contributed by atoms with Gasteiger partial charge >= 0.3 is 0 Å². The van der Waals surface area contributed by atoms with Gasteiger partial charge in [0.15, 0.2) is 0 Å². The van der Waals surface area contributed by atoms with E-state index in [9.17, 15) is 4.79 Å². The highest BCUT2D eigenvalue weighted by Gasteiger charge is 2.30. The lowest BCUT2D eigenvalue weighted by atomic mass is 9.94. The van der Waals surface area contributed by atoms with Crippen molar-refractivity contribution in [1.29, 1.82) is 0 Å². The molecule has 2 aromatic carbocycles. The zero-order valence-corrected chi connectivity index (χ0v) is 17.0. The van der Waals surface area contributed by atoms with Gasteiger partial charge in [-0.3, -0.25) is 4.79 Å². The molecule has 3 rings (SSSR count). The first-order valence-corrected chi connectivity index (χ1v) is 8.73. The van der Waals surface area contributed by atoms with Crippen LogP contribution < -0.4 is 5.73 Å². The molecule has 0 heterocycles. The number of nitrogens with two attached hydrogens (primary N) is 1. The van der Waals surface area contributed by atoms with Crippen LogP contribution in [0.1, 0.15) is 56.2 Å². The lowest BCUT2D eigenvalue weighted by Crippen LogP contribution is -2.05. The number of phenols is 2. The van der Waals surface area contributed by atoms with Crippen molar-refractivity contribution in [3.63, 3.8) is 0 Å². The van der Waals surface area contributed by atoms with Crippen LogP contribution >= 0.6 is 17.0 Å². The number of aromatic hydroxyl groups is 2. The van der Waals surface area contributed by atoms with E-state index >= 15 is 0 Å². The predicted octanol–water partition coefficient (Wildman–Crippen LogP) is 4.85. The summed E-state index contributed by atoms with van der Waals surface area (Å²) in [5.74, 6) is 1.57. The third-order valence-electron chi connectivity index (χ3n) is 4.42. The Morgan fingerprint density at radius 2 is 1.38 bits per heavy atom. The molecule has 0 unspecified atom stereocenters. The van der Waals surface area contributed by atoms with Crippen LogP contribution in [0.5, 0.6) is 11.5 Å². The summed E-state index contributed by atoms with van der Waals surface area (Å²) in [4.78, 5) is 11.6. The molecule has 1 fully saturated rings. The number of Topliss-reactive ketones (excluding diaryl/α,β-unsaturated/α-hetero) is 1. The van der Waals surface area contributed by atoms with Gasteiger partial charge in [0.25, 0.3) is 0 Å². The van der Waals surface area contributed by atoms with Crippen molar-refractivity contribution in [1.82, 2.24) is 0 Å². The zero-order chi connectivity index (χ0) is 18.4. The second-order valence-electron chi connectivity index (χ2n) is 6.82. The monoisotopic (exact) mass is 421 g/mol. The van der Waals surface area contributed by atoms with Crippen molar-refractivity contribution >= 4 is 22.8 Å². The molecule has 2 atom stereocenters. The number of halogens is 1. The van der Waals surface area contributed by atoms with Crippen molar-refractivity contribution in [2.45, 2.75) is 45.1 Å². The van der Waals surface area contributed by atoms with Crippen LogP contribution in [0.3, 0.4) is 0 Å². The Hall–Kier alpha value is -1.85. The fraction of sp³-hybridized carbons (Fsp3) is 0.381. The summed E-state index contributed by atoms with van der Waals surface area (Å²) in [5.41, 5.74) is 7.75. The van der Waals surface area contributed by atoms with E-state index in [-0.39, 0.29) is 40.4 Å². The molecule has 0 spiro atoms. The normalized spacial score (nSPS) is 15.0. The molecule has 4 N–H and O–H groups in total. The summed E-state index contributed by atoms with van der Waals surface area (Å²) in [6.45, 7) is 3.97. The third-order valence-corrected chi connectivity index (χ3v) is 4.42. The van der Waals surface area contributed by atoms with Gasteiger partial charge in [0, 0.05) is 18.4 Å². The topological polar surface area (TPSA) is 83.5 Å². The van der Waals surface area contributed by atoms with E-state index in [4.69, 9.17) is 15.9 Å². The van der Waals surface area contributed by atoms with Crippen LogP contribution in [0.15, 0.2) is 48.5 Å². The molecule has 4 nitrogen and oxygen atoms in total. The average Bonchev–Trinajstić information content (AvgIpc) is 3.41. The molecule has 1 saturated carbocycles. The summed E-state index contributed by atoms with van der Waals surface area (Å²) < 4.78 is 0. The average molecular weight is 422 g/mol. The molecule has 0 radical (unpaired) electrons. The molecular weight excluding hydrogens is 394 g/mol. The van der Waals surface area contributed by atoms with E-state index < -0.39 is 0 Å². The fourth-order valence-electron chi connectivity index (χ4n) is 2.57. The second-order valence-corrected chi connectivity index (χ2v) is 6.82. The summed E-state index contributed by atoms with van der Waals surface area (Å²) in [6.07, 6.45) is 2.80. The van der Waals surface area contributed by atoms with E-state index in [1.165, 1.54) is 0 Å². The van der Waals surface area contributed by atoms with E-state index in [1.807, 2.05) is 31.2 Å². The molecule has 0 aliphatic heterocycles. The van der Waals surface area contributed by atoms with E-state index in [0.29, 0.717) is 18.1 Å². The van der Waals surface area contributed by atoms with Crippen molar-refractivity contribution in [2.75, 3.05) is 0 Å². The fourth-order valence-corrected chi connectivity index (χ4v) is 2.57. The quantitative estimate of drug-likeness (QED) is 0.643. The van der Waals surface area contributed by atoms with Crippen LogP contribution in [0.25, 0.3) is 0 Å². The van der Waals surface area contributed by atoms with Crippen LogP contribution in [0.4, 0.5) is 0 Å². The highest BCUT2D eigenvalue weighted by molar-refractivity contribution is 8.93. The maximum absolute atomic E-state index is 11.6. The number of hydrogen-bond acceptors (Lipinski definition) is 4. The van der Waals surface area contributed by atoms with Gasteiger partial charge in [-0.05, 0) is 61.1 Å². The third kappa shape index (κ3) is 7.18. The Bertz CT molecular complexity index is 679. The number of ketones is 1. The Balaban J connectivity index is 0.000000270. The number of hydrogen-bond donors (Lipinski definition) is 3. The Morgan fingerprint density at radius 1 is 0.962 bits per heavy atom. The SMILES string of the molecule is Br.C[C@H](CC(=O)C1CC1)c1ccc(O)cc1.C[C@H](N)c1ccc(O)cc1. The van der Waals surface area contributed by atoms with Crippen LogP contribution in [-0.2, 0) is 4.79 Å². The highest BCUT2D eigenvalue weighted by atomic mass is 79.9. The molecule has 2 aromatic rings. The number of carbonyl (C=O) groups is 1. The Labute approximate surface area is 165 Å². The molecule has 26 heavy (non-hydrogen) atoms. The molecule has 0 saturated heterocycles. The minimum absolute atomic E-state index is 0. The van der Waals surface area contributed by atoms with Gasteiger partial charge in [0.1, 0.15) is 17.3 Å². The molecular formula is C21H28BrNO3. The maximum Gasteiger partial charge on any atom is 0.136 e. The van der Waals surface area contributed by atoms with Crippen LogP contribution in [0, 0.1) is 5.92 Å². The van der Waals surface area contributed by atoms with Crippen LogP contribution in [0.2, 0.25) is 0 Å². The van der Waals surface area contributed by atoms with Crippen molar-refractivity contribution in [2.24, 2.45) is 11.7 Å². The summed E-state index contributed by atoms with van der Waals surface area (Å²) in [5, 5.41) is 18.0. The lowest BCUT2D eigenvalue weighted by Gasteiger charge is -2.10. The minimum atomic E-state index is 0. The van der Waals surface area contributed by atoms with Crippen molar-refractivity contribution in [3.8, 4) is 11.5 Å². The Kier molecular flexibility index (Phi) is 8.82.